The highest BCUT2D eigenvalue weighted by Gasteiger charge is 2.02. The Morgan fingerprint density at radius 3 is 2.87 bits per heavy atom. The lowest BCUT2D eigenvalue weighted by molar-refractivity contribution is 0.218. The van der Waals surface area contributed by atoms with Gasteiger partial charge >= 0.3 is 0 Å². The first-order chi connectivity index (χ1) is 7.27. The van der Waals surface area contributed by atoms with Gasteiger partial charge in [-0.05, 0) is 25.6 Å². The lowest BCUT2D eigenvalue weighted by Gasteiger charge is -2.09. The van der Waals surface area contributed by atoms with Gasteiger partial charge in [-0.15, -0.1) is 11.8 Å². The van der Waals surface area contributed by atoms with Crippen LogP contribution < -0.4 is 5.32 Å². The fourth-order valence-corrected chi connectivity index (χ4v) is 2.36. The number of aryl methyl sites for hydroxylation is 1. The molecule has 0 aliphatic rings. The molecule has 15 heavy (non-hydrogen) atoms. The Morgan fingerprint density at radius 2 is 2.20 bits per heavy atom. The van der Waals surface area contributed by atoms with E-state index in [9.17, 15) is 0 Å². The number of ether oxygens (including phenoxy) is 1. The first kappa shape index (κ1) is 12.6. The summed E-state index contributed by atoms with van der Waals surface area (Å²) in [6, 6.07) is 6.60. The Balaban J connectivity index is 2.67. The van der Waals surface area contributed by atoms with Gasteiger partial charge in [-0.3, -0.25) is 0 Å². The van der Waals surface area contributed by atoms with Crippen LogP contribution in [0.25, 0.3) is 0 Å². The molecule has 0 amide bonds. The molecular formula is C12H19NOS. The zero-order chi connectivity index (χ0) is 11.1. The van der Waals surface area contributed by atoms with Crippen molar-refractivity contribution in [3.8, 4) is 0 Å². The fraction of sp³-hybridized carbons (Fsp3) is 0.500. The standard InChI is InChI=1S/C12H19NOS/c1-10-4-5-12(15-7-6-14-3)11(8-10)9-13-2/h4-5,8,13H,6-7,9H2,1-3H3. The maximum Gasteiger partial charge on any atom is 0.0556 e. The van der Waals surface area contributed by atoms with Gasteiger partial charge < -0.3 is 10.1 Å². The molecular weight excluding hydrogens is 206 g/mol. The van der Waals surface area contributed by atoms with E-state index in [2.05, 4.69) is 30.4 Å². The number of hydrogen-bond acceptors (Lipinski definition) is 3. The van der Waals surface area contributed by atoms with Crippen molar-refractivity contribution in [2.45, 2.75) is 18.4 Å². The van der Waals surface area contributed by atoms with E-state index >= 15 is 0 Å². The van der Waals surface area contributed by atoms with Crippen LogP contribution in [0.3, 0.4) is 0 Å². The average Bonchev–Trinajstić information content (AvgIpc) is 2.22. The molecule has 1 N–H and O–H groups in total. The minimum atomic E-state index is 0.803. The maximum atomic E-state index is 5.05. The summed E-state index contributed by atoms with van der Waals surface area (Å²) in [5.41, 5.74) is 2.69. The molecule has 84 valence electrons. The molecule has 1 rings (SSSR count). The van der Waals surface area contributed by atoms with Crippen molar-refractivity contribution in [2.24, 2.45) is 0 Å². The zero-order valence-electron chi connectivity index (χ0n) is 9.67. The molecule has 0 spiro atoms. The highest BCUT2D eigenvalue weighted by molar-refractivity contribution is 7.99. The fourth-order valence-electron chi connectivity index (χ4n) is 1.41. The predicted molar refractivity (Wildman–Crippen MR) is 66.5 cm³/mol. The summed E-state index contributed by atoms with van der Waals surface area (Å²) >= 11 is 1.86. The third-order valence-corrected chi connectivity index (χ3v) is 3.21. The van der Waals surface area contributed by atoms with E-state index < -0.39 is 0 Å². The van der Waals surface area contributed by atoms with Gasteiger partial charge in [0.2, 0.25) is 0 Å². The van der Waals surface area contributed by atoms with Gasteiger partial charge in [-0.1, -0.05) is 17.7 Å². The van der Waals surface area contributed by atoms with Crippen LogP contribution in [0.4, 0.5) is 0 Å². The summed E-state index contributed by atoms with van der Waals surface area (Å²) in [4.78, 5) is 1.35. The number of benzene rings is 1. The van der Waals surface area contributed by atoms with Crippen LogP contribution in [0.5, 0.6) is 0 Å². The Hall–Kier alpha value is -0.510. The first-order valence-corrected chi connectivity index (χ1v) is 6.12. The van der Waals surface area contributed by atoms with E-state index in [0.717, 1.165) is 18.9 Å². The van der Waals surface area contributed by atoms with Crippen LogP contribution in [0.1, 0.15) is 11.1 Å². The molecule has 1 aromatic rings. The van der Waals surface area contributed by atoms with E-state index in [1.807, 2.05) is 18.8 Å². The molecule has 1 aromatic carbocycles. The summed E-state index contributed by atoms with van der Waals surface area (Å²) in [6.45, 7) is 3.86. The number of hydrogen-bond donors (Lipinski definition) is 1. The predicted octanol–water partition coefficient (Wildman–Crippen LogP) is 2.45. The van der Waals surface area contributed by atoms with Crippen LogP contribution in [0, 0.1) is 6.92 Å². The largest absolute Gasteiger partial charge is 0.384 e. The minimum Gasteiger partial charge on any atom is -0.384 e. The highest BCUT2D eigenvalue weighted by Crippen LogP contribution is 2.23. The second-order valence-corrected chi connectivity index (χ2v) is 4.62. The lowest BCUT2D eigenvalue weighted by Crippen LogP contribution is -2.06. The topological polar surface area (TPSA) is 21.3 Å². The van der Waals surface area contributed by atoms with Crippen LogP contribution in [0.2, 0.25) is 0 Å². The van der Waals surface area contributed by atoms with Crippen LogP contribution in [-0.4, -0.2) is 26.5 Å². The summed E-state index contributed by atoms with van der Waals surface area (Å²) in [6.07, 6.45) is 0. The summed E-state index contributed by atoms with van der Waals surface area (Å²) in [5, 5.41) is 3.20. The van der Waals surface area contributed by atoms with Gasteiger partial charge in [-0.2, -0.15) is 0 Å². The van der Waals surface area contributed by atoms with Gasteiger partial charge in [0.15, 0.2) is 0 Å². The van der Waals surface area contributed by atoms with Crippen molar-refractivity contribution < 1.29 is 4.74 Å². The van der Waals surface area contributed by atoms with E-state index in [4.69, 9.17) is 4.74 Å². The molecule has 3 heteroatoms. The van der Waals surface area contributed by atoms with Gasteiger partial charge in [0.05, 0.1) is 6.61 Å². The molecule has 0 radical (unpaired) electrons. The molecule has 0 aliphatic carbocycles. The summed E-state index contributed by atoms with van der Waals surface area (Å²) in [7, 11) is 3.72. The number of rotatable bonds is 6. The molecule has 2 nitrogen and oxygen atoms in total. The quantitative estimate of drug-likeness (QED) is 0.593. The first-order valence-electron chi connectivity index (χ1n) is 5.13. The van der Waals surface area contributed by atoms with E-state index in [0.29, 0.717) is 0 Å². The minimum absolute atomic E-state index is 0.803. The second-order valence-electron chi connectivity index (χ2n) is 3.48. The van der Waals surface area contributed by atoms with Crippen LogP contribution in [0.15, 0.2) is 23.1 Å². The van der Waals surface area contributed by atoms with Gasteiger partial charge in [0.1, 0.15) is 0 Å². The second kappa shape index (κ2) is 6.88. The Kier molecular flexibility index (Phi) is 5.76. The van der Waals surface area contributed by atoms with E-state index in [1.165, 1.54) is 16.0 Å². The molecule has 0 aromatic heterocycles. The molecule has 0 fully saturated rings. The lowest BCUT2D eigenvalue weighted by atomic mass is 10.1. The molecule has 0 atom stereocenters. The van der Waals surface area contributed by atoms with Crippen molar-refractivity contribution in [2.75, 3.05) is 26.5 Å². The van der Waals surface area contributed by atoms with Crippen molar-refractivity contribution in [3.05, 3.63) is 29.3 Å². The third-order valence-electron chi connectivity index (χ3n) is 2.13. The van der Waals surface area contributed by atoms with Crippen molar-refractivity contribution in [1.29, 1.82) is 0 Å². The number of thioether (sulfide) groups is 1. The number of methoxy groups -OCH3 is 1. The van der Waals surface area contributed by atoms with E-state index in [-0.39, 0.29) is 0 Å². The normalized spacial score (nSPS) is 10.6. The molecule has 0 unspecified atom stereocenters. The Labute approximate surface area is 96.4 Å². The van der Waals surface area contributed by atoms with Gasteiger partial charge in [0.25, 0.3) is 0 Å². The molecule has 0 saturated heterocycles. The molecule has 0 heterocycles. The van der Waals surface area contributed by atoms with Crippen molar-refractivity contribution in [3.63, 3.8) is 0 Å². The van der Waals surface area contributed by atoms with Gasteiger partial charge in [-0.25, -0.2) is 0 Å². The Morgan fingerprint density at radius 1 is 1.40 bits per heavy atom. The third kappa shape index (κ3) is 4.24. The number of nitrogens with one attached hydrogen (secondary N) is 1. The van der Waals surface area contributed by atoms with Crippen molar-refractivity contribution >= 4 is 11.8 Å². The maximum absolute atomic E-state index is 5.05. The summed E-state index contributed by atoms with van der Waals surface area (Å²) in [5.74, 6) is 1.01. The highest BCUT2D eigenvalue weighted by atomic mass is 32.2. The SMILES string of the molecule is CNCc1cc(C)ccc1SCCOC. The summed E-state index contributed by atoms with van der Waals surface area (Å²) < 4.78 is 5.05. The van der Waals surface area contributed by atoms with Crippen LogP contribution >= 0.6 is 11.8 Å². The molecule has 0 aliphatic heterocycles. The van der Waals surface area contributed by atoms with E-state index in [1.54, 1.807) is 7.11 Å². The van der Waals surface area contributed by atoms with Crippen molar-refractivity contribution in [1.82, 2.24) is 5.32 Å². The molecule has 0 saturated carbocycles. The monoisotopic (exact) mass is 225 g/mol. The molecule has 0 bridgehead atoms. The average molecular weight is 225 g/mol. The zero-order valence-corrected chi connectivity index (χ0v) is 10.5. The van der Waals surface area contributed by atoms with Crippen LogP contribution in [-0.2, 0) is 11.3 Å². The Bertz CT molecular complexity index is 302. The van der Waals surface area contributed by atoms with Gasteiger partial charge in [0, 0.05) is 24.3 Å². The smallest absolute Gasteiger partial charge is 0.0556 e.